The molecule has 1 aromatic heterocycles. The van der Waals surface area contributed by atoms with Crippen LogP contribution in [0.3, 0.4) is 0 Å². The van der Waals surface area contributed by atoms with E-state index < -0.39 is 0 Å². The first-order valence-corrected chi connectivity index (χ1v) is 26.4. The Morgan fingerprint density at radius 1 is 0.369 bits per heavy atom. The van der Waals surface area contributed by atoms with Crippen LogP contribution in [0.4, 0.5) is 11.4 Å². The molecule has 0 atom stereocenters. The van der Waals surface area contributed by atoms with Gasteiger partial charge in [0.05, 0.1) is 34.2 Å². The van der Waals surface area contributed by atoms with Crippen molar-refractivity contribution in [2.45, 2.75) is 249 Å². The van der Waals surface area contributed by atoms with Crippen LogP contribution in [-0.2, 0) is 18.6 Å². The number of nitrogens with zero attached hydrogens (tertiary/aromatic N) is 3. The quantitative estimate of drug-likeness (QED) is 0.187. The normalized spacial score (nSPS) is 21.7. The first-order chi connectivity index (χ1) is 30.0. The molecule has 7 heteroatoms. The molecule has 0 bridgehead atoms. The molecule has 65 heavy (non-hydrogen) atoms. The number of rotatable bonds is 10. The van der Waals surface area contributed by atoms with E-state index in [0.717, 1.165) is 34.6 Å². The summed E-state index contributed by atoms with van der Waals surface area (Å²) in [7, 11) is 0. The van der Waals surface area contributed by atoms with Gasteiger partial charge in [0.15, 0.2) is 0 Å². The van der Waals surface area contributed by atoms with Crippen molar-refractivity contribution in [2.24, 2.45) is 9.98 Å². The molecular weight excluding hydrogens is 896 g/mol. The van der Waals surface area contributed by atoms with Crippen molar-refractivity contribution in [2.75, 3.05) is 0 Å². The molecule has 1 radical (unpaired) electrons. The zero-order chi connectivity index (χ0) is 41.5. The van der Waals surface area contributed by atoms with Crippen molar-refractivity contribution < 1.29 is 55.8 Å². The van der Waals surface area contributed by atoms with Crippen molar-refractivity contribution in [1.82, 2.24) is 4.98 Å². The van der Waals surface area contributed by atoms with E-state index in [2.05, 4.69) is 57.2 Å². The molecule has 0 unspecified atom stereocenters. The Morgan fingerprint density at radius 3 is 0.846 bits per heavy atom. The molecule has 0 aliphatic heterocycles. The number of aliphatic imine (C=N–C) groups is 2. The number of hydrogen-bond donors (Lipinski definition) is 0. The van der Waals surface area contributed by atoms with E-state index in [0.29, 0.717) is 23.7 Å². The fourth-order valence-electron chi connectivity index (χ4n) is 13.4. The van der Waals surface area contributed by atoms with Crippen molar-refractivity contribution in [1.29, 1.82) is 0 Å². The number of benzene rings is 2. The Labute approximate surface area is 426 Å². The summed E-state index contributed by atoms with van der Waals surface area (Å²) in [4.78, 5) is 17.1. The second kappa shape index (κ2) is 26.4. The van der Waals surface area contributed by atoms with Gasteiger partial charge < -0.3 is 37.2 Å². The molecule has 0 N–H and O–H groups in total. The summed E-state index contributed by atoms with van der Waals surface area (Å²) in [5, 5.41) is 0. The van der Waals surface area contributed by atoms with Crippen LogP contribution in [0.25, 0.3) is 0 Å². The van der Waals surface area contributed by atoms with Crippen molar-refractivity contribution in [3.63, 3.8) is 0 Å². The van der Waals surface area contributed by atoms with Gasteiger partial charge in [-0.05, 0) is 184 Å². The zero-order valence-corrected chi connectivity index (χ0v) is 44.2. The fourth-order valence-corrected chi connectivity index (χ4v) is 13.4. The minimum absolute atomic E-state index is 0. The molecule has 2 aromatic carbocycles. The summed E-state index contributed by atoms with van der Waals surface area (Å²) in [6, 6.07) is 15.3. The number of aromatic nitrogens is 1. The van der Waals surface area contributed by atoms with Gasteiger partial charge in [-0.3, -0.25) is 9.98 Å². The van der Waals surface area contributed by atoms with Crippen LogP contribution in [-0.4, -0.2) is 16.4 Å². The Bertz CT molecular complexity index is 1790. The zero-order valence-electron chi connectivity index (χ0n) is 40.6. The molecule has 357 valence electrons. The largest absolute Gasteiger partial charge is 1.00 e. The molecule has 0 spiro atoms. The Hall–Kier alpha value is -1.62. The second-order valence-electron chi connectivity index (χ2n) is 21.4. The van der Waals surface area contributed by atoms with Crippen LogP contribution in [0.15, 0.2) is 46.4 Å². The molecule has 0 saturated heterocycles. The molecule has 3 aromatic rings. The van der Waals surface area contributed by atoms with Gasteiger partial charge >= 0.3 is 0 Å². The van der Waals surface area contributed by atoms with Crippen LogP contribution in [0, 0.1) is 6.92 Å². The molecule has 0 amide bonds. The second-order valence-corrected chi connectivity index (χ2v) is 21.4. The summed E-state index contributed by atoms with van der Waals surface area (Å²) in [5.74, 6) is 3.96. The van der Waals surface area contributed by atoms with Crippen molar-refractivity contribution >= 4 is 22.8 Å². The van der Waals surface area contributed by atoms with Crippen LogP contribution in [0.1, 0.15) is 292 Å². The Morgan fingerprint density at radius 2 is 0.600 bits per heavy atom. The summed E-state index contributed by atoms with van der Waals surface area (Å²) >= 11 is 0. The van der Waals surface area contributed by atoms with Gasteiger partial charge in [-0.15, -0.1) is 0 Å². The minimum Gasteiger partial charge on any atom is -1.00 e. The maximum absolute atomic E-state index is 5.81. The standard InChI is InChI=1S/C58H81N3.3ClH.V/c1-40-34-55(41(2)59-57-51(45-26-14-6-15-27-45)36-49(43-22-10-4-11-23-43)37-52(57)46-28-16-7-17-29-46)61-56(35-40)42(3)60-58-53(47-30-18-8-19-31-47)38-50(44-24-12-5-13-25-44)39-54(58)48-32-20-9-21-33-48;;;;/h34-39,43-48H,4-33H2,1-3H3;3*1H;/p-3. The Balaban J connectivity index is 0.00000198. The number of pyridine rings is 1. The van der Waals surface area contributed by atoms with Gasteiger partial charge in [0.2, 0.25) is 0 Å². The Kier molecular flexibility index (Phi) is 22.1. The van der Waals surface area contributed by atoms with Crippen molar-refractivity contribution in [3.8, 4) is 0 Å². The monoisotopic (exact) mass is 975 g/mol. The number of halogens is 3. The van der Waals surface area contributed by atoms with Gasteiger partial charge in [-0.25, -0.2) is 4.98 Å². The van der Waals surface area contributed by atoms with Crippen LogP contribution in [0.5, 0.6) is 0 Å². The first-order valence-electron chi connectivity index (χ1n) is 26.4. The molecule has 6 aliphatic rings. The maximum Gasteiger partial charge on any atom is 0.0852 e. The molecule has 6 fully saturated rings. The number of hydrogen-bond acceptors (Lipinski definition) is 3. The van der Waals surface area contributed by atoms with E-state index in [-0.39, 0.29) is 55.8 Å². The van der Waals surface area contributed by atoms with Gasteiger partial charge in [0, 0.05) is 18.6 Å². The third-order valence-corrected chi connectivity index (χ3v) is 17.0. The average Bonchev–Trinajstić information content (AvgIpc) is 3.33. The predicted molar refractivity (Wildman–Crippen MR) is 261 cm³/mol. The maximum atomic E-state index is 5.81. The molecule has 9 rings (SSSR count). The van der Waals surface area contributed by atoms with Crippen LogP contribution < -0.4 is 37.2 Å². The first kappa shape index (κ1) is 54.3. The third-order valence-electron chi connectivity index (χ3n) is 17.0. The molecule has 1 heterocycles. The van der Waals surface area contributed by atoms with Gasteiger partial charge in [-0.1, -0.05) is 140 Å². The third kappa shape index (κ3) is 13.4. The van der Waals surface area contributed by atoms with Gasteiger partial charge in [0.1, 0.15) is 0 Å². The van der Waals surface area contributed by atoms with E-state index in [1.54, 1.807) is 33.4 Å². The molecule has 6 saturated carbocycles. The predicted octanol–water partition coefficient (Wildman–Crippen LogP) is 8.97. The van der Waals surface area contributed by atoms with E-state index in [4.69, 9.17) is 15.0 Å². The van der Waals surface area contributed by atoms with Crippen LogP contribution in [0.2, 0.25) is 0 Å². The summed E-state index contributed by atoms with van der Waals surface area (Å²) in [5.41, 5.74) is 17.7. The van der Waals surface area contributed by atoms with Crippen LogP contribution >= 0.6 is 0 Å². The van der Waals surface area contributed by atoms with Crippen molar-refractivity contribution in [3.05, 3.63) is 86.7 Å². The SMILES string of the molecule is CC(=Nc1c(C2CCCCC2)cc(C2CCCCC2)cc1C1CCCCC1)c1cc(C)cc(C(C)=Nc2c(C3CCCCC3)cc(C3CCCCC3)cc2C2CCCCC2)n1.[Cl-].[Cl-].[Cl-].[V]. The smallest absolute Gasteiger partial charge is 0.0852 e. The van der Waals surface area contributed by atoms with Gasteiger partial charge in [-0.2, -0.15) is 0 Å². The molecule has 3 nitrogen and oxygen atoms in total. The summed E-state index contributed by atoms with van der Waals surface area (Å²) < 4.78 is 0. The van der Waals surface area contributed by atoms with E-state index in [1.807, 2.05) is 0 Å². The molecule has 6 aliphatic carbocycles. The number of aryl methyl sites for hydroxylation is 1. The van der Waals surface area contributed by atoms with Gasteiger partial charge in [0.25, 0.3) is 0 Å². The van der Waals surface area contributed by atoms with E-state index in [1.165, 1.54) is 210 Å². The topological polar surface area (TPSA) is 37.6 Å². The fraction of sp³-hybridized carbons (Fsp3) is 0.672. The molecular formula is C58H81Cl3N3V-3. The minimum atomic E-state index is 0. The van der Waals surface area contributed by atoms with E-state index in [9.17, 15) is 0 Å². The average molecular weight is 978 g/mol. The summed E-state index contributed by atoms with van der Waals surface area (Å²) in [6.45, 7) is 6.78. The summed E-state index contributed by atoms with van der Waals surface area (Å²) in [6.07, 6.45) is 40.7. The van der Waals surface area contributed by atoms with E-state index >= 15 is 0 Å².